The van der Waals surface area contributed by atoms with Gasteiger partial charge in [0.25, 0.3) is 0 Å². The fourth-order valence-electron chi connectivity index (χ4n) is 2.43. The summed E-state index contributed by atoms with van der Waals surface area (Å²) in [5.41, 5.74) is 9.83. The number of para-hydroxylation sites is 1. The Bertz CT molecular complexity index is 536. The monoisotopic (exact) mass is 255 g/mol. The van der Waals surface area contributed by atoms with E-state index in [0.29, 0.717) is 6.54 Å². The van der Waals surface area contributed by atoms with Gasteiger partial charge in [-0.05, 0) is 42.6 Å². The Hall–Kier alpha value is -1.80. The van der Waals surface area contributed by atoms with E-state index in [2.05, 4.69) is 37.3 Å². The van der Waals surface area contributed by atoms with E-state index >= 15 is 0 Å². The lowest BCUT2D eigenvalue weighted by Gasteiger charge is -2.19. The van der Waals surface area contributed by atoms with Gasteiger partial charge in [0, 0.05) is 5.92 Å². The standard InChI is InChI=1S/C17H21NO/c1-13-7-3-4-8-14(13)11-15(12-18)16-9-5-6-10-17(16)19-2/h3-10,15H,11-12,18H2,1-2H3. The van der Waals surface area contributed by atoms with Crippen LogP contribution in [0.4, 0.5) is 0 Å². The van der Waals surface area contributed by atoms with Crippen LogP contribution in [0.3, 0.4) is 0 Å². The summed E-state index contributed by atoms with van der Waals surface area (Å²) < 4.78 is 5.44. The van der Waals surface area contributed by atoms with Crippen molar-refractivity contribution in [2.75, 3.05) is 13.7 Å². The molecule has 0 aliphatic heterocycles. The highest BCUT2D eigenvalue weighted by Crippen LogP contribution is 2.29. The predicted octanol–water partition coefficient (Wildman–Crippen LogP) is 3.29. The molecule has 100 valence electrons. The van der Waals surface area contributed by atoms with Crippen molar-refractivity contribution >= 4 is 0 Å². The van der Waals surface area contributed by atoms with E-state index in [9.17, 15) is 0 Å². The maximum atomic E-state index is 5.97. The zero-order valence-electron chi connectivity index (χ0n) is 11.6. The van der Waals surface area contributed by atoms with Gasteiger partial charge in [-0.2, -0.15) is 0 Å². The molecule has 2 heteroatoms. The predicted molar refractivity (Wildman–Crippen MR) is 79.7 cm³/mol. The first-order valence-corrected chi connectivity index (χ1v) is 6.63. The van der Waals surface area contributed by atoms with Crippen LogP contribution in [0.2, 0.25) is 0 Å². The smallest absolute Gasteiger partial charge is 0.122 e. The second-order valence-electron chi connectivity index (χ2n) is 4.81. The van der Waals surface area contributed by atoms with Crippen LogP contribution >= 0.6 is 0 Å². The van der Waals surface area contributed by atoms with Crippen LogP contribution < -0.4 is 10.5 Å². The number of benzene rings is 2. The Morgan fingerprint density at radius 1 is 1.05 bits per heavy atom. The van der Waals surface area contributed by atoms with E-state index in [4.69, 9.17) is 10.5 Å². The molecule has 2 N–H and O–H groups in total. The molecule has 0 radical (unpaired) electrons. The SMILES string of the molecule is COc1ccccc1C(CN)Cc1ccccc1C. The average molecular weight is 255 g/mol. The molecule has 0 saturated heterocycles. The minimum absolute atomic E-state index is 0.289. The summed E-state index contributed by atoms with van der Waals surface area (Å²) >= 11 is 0. The highest BCUT2D eigenvalue weighted by atomic mass is 16.5. The molecule has 0 heterocycles. The molecule has 0 fully saturated rings. The molecule has 2 aromatic carbocycles. The number of aryl methyl sites for hydroxylation is 1. The molecule has 0 aliphatic carbocycles. The Labute approximate surface area is 115 Å². The van der Waals surface area contributed by atoms with Gasteiger partial charge in [0.15, 0.2) is 0 Å². The molecule has 0 spiro atoms. The number of methoxy groups -OCH3 is 1. The molecule has 0 aliphatic rings. The molecular formula is C17H21NO. The van der Waals surface area contributed by atoms with E-state index < -0.39 is 0 Å². The van der Waals surface area contributed by atoms with Crippen molar-refractivity contribution in [1.82, 2.24) is 0 Å². The fraction of sp³-hybridized carbons (Fsp3) is 0.294. The van der Waals surface area contributed by atoms with Gasteiger partial charge in [0.1, 0.15) is 5.75 Å². The molecule has 0 saturated carbocycles. The van der Waals surface area contributed by atoms with Crippen LogP contribution in [0.15, 0.2) is 48.5 Å². The first kappa shape index (κ1) is 13.6. The quantitative estimate of drug-likeness (QED) is 0.889. The van der Waals surface area contributed by atoms with Gasteiger partial charge in [-0.3, -0.25) is 0 Å². The fourth-order valence-corrected chi connectivity index (χ4v) is 2.43. The molecule has 2 rings (SSSR count). The van der Waals surface area contributed by atoms with Gasteiger partial charge < -0.3 is 10.5 Å². The Morgan fingerprint density at radius 2 is 1.74 bits per heavy atom. The van der Waals surface area contributed by atoms with E-state index in [1.54, 1.807) is 7.11 Å². The second kappa shape index (κ2) is 6.39. The lowest BCUT2D eigenvalue weighted by atomic mass is 9.90. The Kier molecular flexibility index (Phi) is 4.58. The summed E-state index contributed by atoms with van der Waals surface area (Å²) in [5, 5.41) is 0. The van der Waals surface area contributed by atoms with Gasteiger partial charge in [0.2, 0.25) is 0 Å². The third kappa shape index (κ3) is 3.15. The molecule has 19 heavy (non-hydrogen) atoms. The molecule has 0 aromatic heterocycles. The van der Waals surface area contributed by atoms with E-state index in [0.717, 1.165) is 12.2 Å². The van der Waals surface area contributed by atoms with E-state index in [1.165, 1.54) is 16.7 Å². The number of hydrogen-bond donors (Lipinski definition) is 1. The number of ether oxygens (including phenoxy) is 1. The van der Waals surface area contributed by atoms with Crippen LogP contribution in [-0.4, -0.2) is 13.7 Å². The minimum atomic E-state index is 0.289. The summed E-state index contributed by atoms with van der Waals surface area (Å²) in [6.45, 7) is 2.76. The molecule has 2 nitrogen and oxygen atoms in total. The Morgan fingerprint density at radius 3 is 2.42 bits per heavy atom. The van der Waals surface area contributed by atoms with E-state index in [1.807, 2.05) is 18.2 Å². The number of nitrogens with two attached hydrogens (primary N) is 1. The molecule has 1 unspecified atom stereocenters. The van der Waals surface area contributed by atoms with Crippen molar-refractivity contribution in [2.24, 2.45) is 5.73 Å². The van der Waals surface area contributed by atoms with Crippen molar-refractivity contribution in [1.29, 1.82) is 0 Å². The van der Waals surface area contributed by atoms with Gasteiger partial charge in [-0.15, -0.1) is 0 Å². The molecule has 0 amide bonds. The molecular weight excluding hydrogens is 234 g/mol. The van der Waals surface area contributed by atoms with Crippen molar-refractivity contribution in [2.45, 2.75) is 19.3 Å². The first-order valence-electron chi connectivity index (χ1n) is 6.63. The largest absolute Gasteiger partial charge is 0.496 e. The molecule has 0 bridgehead atoms. The highest BCUT2D eigenvalue weighted by Gasteiger charge is 2.15. The van der Waals surface area contributed by atoms with Gasteiger partial charge >= 0.3 is 0 Å². The average Bonchev–Trinajstić information content (AvgIpc) is 2.46. The summed E-state index contributed by atoms with van der Waals surface area (Å²) in [4.78, 5) is 0. The van der Waals surface area contributed by atoms with E-state index in [-0.39, 0.29) is 5.92 Å². The van der Waals surface area contributed by atoms with Crippen molar-refractivity contribution in [3.8, 4) is 5.75 Å². The van der Waals surface area contributed by atoms with Gasteiger partial charge in [-0.1, -0.05) is 42.5 Å². The lowest BCUT2D eigenvalue weighted by molar-refractivity contribution is 0.405. The highest BCUT2D eigenvalue weighted by molar-refractivity contribution is 5.38. The molecule has 2 aromatic rings. The molecule has 1 atom stereocenters. The van der Waals surface area contributed by atoms with Crippen LogP contribution in [0.5, 0.6) is 5.75 Å². The van der Waals surface area contributed by atoms with Gasteiger partial charge in [-0.25, -0.2) is 0 Å². The van der Waals surface area contributed by atoms with Crippen molar-refractivity contribution < 1.29 is 4.74 Å². The maximum Gasteiger partial charge on any atom is 0.122 e. The number of hydrogen-bond acceptors (Lipinski definition) is 2. The van der Waals surface area contributed by atoms with Crippen LogP contribution in [0, 0.1) is 6.92 Å². The van der Waals surface area contributed by atoms with Crippen LogP contribution in [-0.2, 0) is 6.42 Å². The summed E-state index contributed by atoms with van der Waals surface area (Å²) in [6, 6.07) is 16.6. The lowest BCUT2D eigenvalue weighted by Crippen LogP contribution is -2.16. The third-order valence-corrected chi connectivity index (χ3v) is 3.59. The van der Waals surface area contributed by atoms with Crippen molar-refractivity contribution in [3.63, 3.8) is 0 Å². The number of rotatable bonds is 5. The second-order valence-corrected chi connectivity index (χ2v) is 4.81. The van der Waals surface area contributed by atoms with Crippen LogP contribution in [0.25, 0.3) is 0 Å². The van der Waals surface area contributed by atoms with Crippen LogP contribution in [0.1, 0.15) is 22.6 Å². The van der Waals surface area contributed by atoms with Crippen molar-refractivity contribution in [3.05, 3.63) is 65.2 Å². The summed E-state index contributed by atoms with van der Waals surface area (Å²) in [7, 11) is 1.71. The third-order valence-electron chi connectivity index (χ3n) is 3.59. The minimum Gasteiger partial charge on any atom is -0.496 e. The Balaban J connectivity index is 2.28. The zero-order chi connectivity index (χ0) is 13.7. The topological polar surface area (TPSA) is 35.2 Å². The first-order chi connectivity index (χ1) is 9.26. The zero-order valence-corrected chi connectivity index (χ0v) is 11.6. The van der Waals surface area contributed by atoms with Gasteiger partial charge in [0.05, 0.1) is 7.11 Å². The summed E-state index contributed by atoms with van der Waals surface area (Å²) in [6.07, 6.45) is 0.948. The summed E-state index contributed by atoms with van der Waals surface area (Å²) in [5.74, 6) is 1.21. The maximum absolute atomic E-state index is 5.97. The normalized spacial score (nSPS) is 12.2.